The number of nitrogens with zero attached hydrogens (tertiary/aromatic N) is 2. The van der Waals surface area contributed by atoms with Crippen LogP contribution in [-0.4, -0.2) is 61.7 Å². The van der Waals surface area contributed by atoms with E-state index in [1.54, 1.807) is 0 Å². The predicted molar refractivity (Wildman–Crippen MR) is 82.6 cm³/mol. The summed E-state index contributed by atoms with van der Waals surface area (Å²) >= 11 is 0. The Morgan fingerprint density at radius 1 is 1.16 bits per heavy atom. The maximum Gasteiger partial charge on any atom is 0.0113 e. The number of rotatable bonds is 5. The normalized spacial score (nSPS) is 30.9. The highest BCUT2D eigenvalue weighted by atomic mass is 15.3. The van der Waals surface area contributed by atoms with Crippen LogP contribution in [0.5, 0.6) is 0 Å². The van der Waals surface area contributed by atoms with Crippen molar-refractivity contribution < 1.29 is 0 Å². The summed E-state index contributed by atoms with van der Waals surface area (Å²) in [6.45, 7) is 15.8. The van der Waals surface area contributed by atoms with Crippen molar-refractivity contribution >= 4 is 0 Å². The van der Waals surface area contributed by atoms with Crippen LogP contribution in [0.4, 0.5) is 0 Å². The second-order valence-corrected chi connectivity index (χ2v) is 6.94. The van der Waals surface area contributed by atoms with Gasteiger partial charge in [-0.3, -0.25) is 4.90 Å². The smallest absolute Gasteiger partial charge is 0.0113 e. The first-order valence-electron chi connectivity index (χ1n) is 8.32. The van der Waals surface area contributed by atoms with Crippen LogP contribution in [0.1, 0.15) is 46.5 Å². The van der Waals surface area contributed by atoms with E-state index < -0.39 is 0 Å². The number of piperidine rings is 1. The van der Waals surface area contributed by atoms with Crippen LogP contribution in [0, 0.1) is 5.41 Å². The molecule has 112 valence electrons. The number of hydrogen-bond donors (Lipinski definition) is 1. The van der Waals surface area contributed by atoms with Gasteiger partial charge in [0.2, 0.25) is 0 Å². The van der Waals surface area contributed by atoms with E-state index in [1.165, 1.54) is 71.5 Å². The molecule has 2 fully saturated rings. The third-order valence-electron chi connectivity index (χ3n) is 5.04. The molecule has 2 heterocycles. The number of piperazine rings is 1. The molecule has 2 aliphatic rings. The minimum absolute atomic E-state index is 0.563. The van der Waals surface area contributed by atoms with Crippen LogP contribution in [-0.2, 0) is 0 Å². The number of nitrogens with one attached hydrogen (secondary N) is 1. The third kappa shape index (κ3) is 4.17. The lowest BCUT2D eigenvalue weighted by molar-refractivity contribution is 0.0540. The zero-order valence-corrected chi connectivity index (χ0v) is 13.2. The topological polar surface area (TPSA) is 18.5 Å². The molecule has 0 spiro atoms. The van der Waals surface area contributed by atoms with Crippen molar-refractivity contribution in [1.82, 2.24) is 15.1 Å². The fourth-order valence-electron chi connectivity index (χ4n) is 3.90. The first kappa shape index (κ1) is 15.3. The summed E-state index contributed by atoms with van der Waals surface area (Å²) in [5.41, 5.74) is 0.563. The van der Waals surface area contributed by atoms with Crippen LogP contribution < -0.4 is 5.32 Å². The third-order valence-corrected chi connectivity index (χ3v) is 5.04. The van der Waals surface area contributed by atoms with Gasteiger partial charge in [-0.05, 0) is 45.1 Å². The van der Waals surface area contributed by atoms with Crippen molar-refractivity contribution in [2.45, 2.75) is 52.5 Å². The molecule has 1 unspecified atom stereocenters. The van der Waals surface area contributed by atoms with Crippen molar-refractivity contribution in [2.75, 3.05) is 45.8 Å². The monoisotopic (exact) mass is 267 g/mol. The van der Waals surface area contributed by atoms with Gasteiger partial charge in [0.25, 0.3) is 0 Å². The van der Waals surface area contributed by atoms with E-state index in [0.29, 0.717) is 11.5 Å². The maximum absolute atomic E-state index is 3.64. The summed E-state index contributed by atoms with van der Waals surface area (Å²) in [4.78, 5) is 5.34. The van der Waals surface area contributed by atoms with Gasteiger partial charge < -0.3 is 10.2 Å². The molecule has 3 nitrogen and oxygen atoms in total. The Hall–Kier alpha value is -0.120. The molecule has 19 heavy (non-hydrogen) atoms. The van der Waals surface area contributed by atoms with Crippen molar-refractivity contribution in [1.29, 1.82) is 0 Å². The van der Waals surface area contributed by atoms with E-state index in [0.717, 1.165) is 0 Å². The van der Waals surface area contributed by atoms with Gasteiger partial charge in [-0.1, -0.05) is 13.3 Å². The highest BCUT2D eigenvalue weighted by Gasteiger charge is 2.34. The Kier molecular flexibility index (Phi) is 5.67. The molecule has 3 heteroatoms. The molecule has 0 bridgehead atoms. The Labute approximate surface area is 119 Å². The van der Waals surface area contributed by atoms with E-state index in [9.17, 15) is 0 Å². The van der Waals surface area contributed by atoms with E-state index >= 15 is 0 Å². The van der Waals surface area contributed by atoms with Gasteiger partial charge >= 0.3 is 0 Å². The zero-order chi connectivity index (χ0) is 13.7. The lowest BCUT2D eigenvalue weighted by Crippen LogP contribution is -2.54. The minimum Gasteiger partial charge on any atom is -0.316 e. The Morgan fingerprint density at radius 3 is 2.42 bits per heavy atom. The summed E-state index contributed by atoms with van der Waals surface area (Å²) < 4.78 is 0. The van der Waals surface area contributed by atoms with Gasteiger partial charge in [0.15, 0.2) is 0 Å². The molecule has 2 rings (SSSR count). The van der Waals surface area contributed by atoms with E-state index in [2.05, 4.69) is 35.9 Å². The van der Waals surface area contributed by atoms with Crippen LogP contribution in [0.3, 0.4) is 0 Å². The molecule has 0 aliphatic carbocycles. The van der Waals surface area contributed by atoms with Crippen molar-refractivity contribution in [3.8, 4) is 0 Å². The van der Waals surface area contributed by atoms with Crippen molar-refractivity contribution in [3.05, 3.63) is 0 Å². The Morgan fingerprint density at radius 2 is 1.89 bits per heavy atom. The molecule has 2 saturated heterocycles. The number of hydrogen-bond acceptors (Lipinski definition) is 3. The van der Waals surface area contributed by atoms with Gasteiger partial charge in [0.1, 0.15) is 0 Å². The quantitative estimate of drug-likeness (QED) is 0.824. The van der Waals surface area contributed by atoms with Gasteiger partial charge in [0.05, 0.1) is 0 Å². The Bertz CT molecular complexity index is 245. The lowest BCUT2D eigenvalue weighted by atomic mass is 9.76. The standard InChI is InChI=1S/C16H33N3/c1-4-6-16(7-5-8-17-13-16)14-18-9-11-19(12-10-18)15(2)3/h15,17H,4-14H2,1-3H3. The van der Waals surface area contributed by atoms with Gasteiger partial charge in [-0.15, -0.1) is 0 Å². The first-order chi connectivity index (χ1) is 9.15. The molecule has 0 saturated carbocycles. The molecule has 0 aromatic carbocycles. The second-order valence-electron chi connectivity index (χ2n) is 6.94. The molecular weight excluding hydrogens is 234 g/mol. The largest absolute Gasteiger partial charge is 0.316 e. The summed E-state index contributed by atoms with van der Waals surface area (Å²) in [5.74, 6) is 0. The zero-order valence-electron chi connectivity index (χ0n) is 13.2. The highest BCUT2D eigenvalue weighted by Crippen LogP contribution is 2.32. The predicted octanol–water partition coefficient (Wildman–Crippen LogP) is 2.18. The van der Waals surface area contributed by atoms with Crippen molar-refractivity contribution in [2.24, 2.45) is 5.41 Å². The summed E-state index contributed by atoms with van der Waals surface area (Å²) in [5, 5.41) is 3.64. The summed E-state index contributed by atoms with van der Waals surface area (Å²) in [6, 6.07) is 0.711. The van der Waals surface area contributed by atoms with Gasteiger partial charge in [-0.25, -0.2) is 0 Å². The Balaban J connectivity index is 1.85. The molecule has 0 amide bonds. The molecule has 0 aromatic heterocycles. The molecule has 0 aromatic rings. The summed E-state index contributed by atoms with van der Waals surface area (Å²) in [6.07, 6.45) is 5.52. The molecule has 1 N–H and O–H groups in total. The van der Waals surface area contributed by atoms with Crippen LogP contribution in [0.15, 0.2) is 0 Å². The van der Waals surface area contributed by atoms with Gasteiger partial charge in [0, 0.05) is 45.3 Å². The molecule has 0 radical (unpaired) electrons. The van der Waals surface area contributed by atoms with Crippen LogP contribution in [0.2, 0.25) is 0 Å². The summed E-state index contributed by atoms with van der Waals surface area (Å²) in [7, 11) is 0. The average Bonchev–Trinajstić information content (AvgIpc) is 2.40. The van der Waals surface area contributed by atoms with E-state index in [-0.39, 0.29) is 0 Å². The molecule has 2 aliphatic heterocycles. The highest BCUT2D eigenvalue weighted by molar-refractivity contribution is 4.89. The molecular formula is C16H33N3. The van der Waals surface area contributed by atoms with E-state index in [4.69, 9.17) is 0 Å². The SMILES string of the molecule is CCCC1(CN2CCN(C(C)C)CC2)CCCNC1. The fraction of sp³-hybridized carbons (Fsp3) is 1.00. The van der Waals surface area contributed by atoms with Crippen LogP contribution in [0.25, 0.3) is 0 Å². The second kappa shape index (κ2) is 7.05. The van der Waals surface area contributed by atoms with Crippen LogP contribution >= 0.6 is 0 Å². The molecule has 1 atom stereocenters. The van der Waals surface area contributed by atoms with E-state index in [1.807, 2.05) is 0 Å². The van der Waals surface area contributed by atoms with Gasteiger partial charge in [-0.2, -0.15) is 0 Å². The van der Waals surface area contributed by atoms with Crippen molar-refractivity contribution in [3.63, 3.8) is 0 Å². The maximum atomic E-state index is 3.64. The first-order valence-corrected chi connectivity index (χ1v) is 8.32. The fourth-order valence-corrected chi connectivity index (χ4v) is 3.90. The lowest BCUT2D eigenvalue weighted by Gasteiger charge is -2.44. The minimum atomic E-state index is 0.563. The average molecular weight is 267 g/mol.